The number of rotatable bonds is 4. The largest absolute Gasteiger partial charge is 0.370 e. The Balaban J connectivity index is 1.92. The van der Waals surface area contributed by atoms with Gasteiger partial charge in [0, 0.05) is 24.8 Å². The molecule has 0 saturated carbocycles. The van der Waals surface area contributed by atoms with Gasteiger partial charge in [-0.3, -0.25) is 14.6 Å². The van der Waals surface area contributed by atoms with Gasteiger partial charge in [0.15, 0.2) is 0 Å². The fraction of sp³-hybridized carbons (Fsp3) is 0.250. The number of benzene rings is 1. The first-order valence-corrected chi connectivity index (χ1v) is 8.91. The maximum absolute atomic E-state index is 11.9. The normalized spacial score (nSPS) is 16.7. The highest BCUT2D eigenvalue weighted by atomic mass is 35.5. The summed E-state index contributed by atoms with van der Waals surface area (Å²) in [6.07, 6.45) is 2.62. The Morgan fingerprint density at radius 1 is 1.33 bits per heavy atom. The van der Waals surface area contributed by atoms with Crippen LogP contribution >= 0.6 is 11.6 Å². The lowest BCUT2D eigenvalue weighted by atomic mass is 9.99. The van der Waals surface area contributed by atoms with Crippen LogP contribution in [0.3, 0.4) is 0 Å². The Morgan fingerprint density at radius 3 is 2.89 bits per heavy atom. The minimum absolute atomic E-state index is 0.116. The lowest BCUT2D eigenvalue weighted by Gasteiger charge is -2.32. The topological polar surface area (TPSA) is 71.5 Å². The van der Waals surface area contributed by atoms with Crippen LogP contribution in [-0.2, 0) is 9.53 Å². The second kappa shape index (κ2) is 8.33. The Labute approximate surface area is 162 Å². The van der Waals surface area contributed by atoms with Crippen LogP contribution in [0.25, 0.3) is 11.1 Å². The number of nitrogens with zero attached hydrogens (tertiary/aromatic N) is 2. The minimum Gasteiger partial charge on any atom is -0.370 e. The molecule has 2 aromatic rings. The van der Waals surface area contributed by atoms with E-state index in [-0.39, 0.29) is 17.9 Å². The fourth-order valence-electron chi connectivity index (χ4n) is 3.01. The van der Waals surface area contributed by atoms with E-state index in [1.165, 1.54) is 6.08 Å². The van der Waals surface area contributed by atoms with Crippen LogP contribution < -0.4 is 5.32 Å². The zero-order valence-electron chi connectivity index (χ0n) is 14.9. The third-order valence-electron chi connectivity index (χ3n) is 4.40. The van der Waals surface area contributed by atoms with Crippen molar-refractivity contribution in [3.8, 4) is 11.1 Å². The first kappa shape index (κ1) is 19.1. The van der Waals surface area contributed by atoms with Gasteiger partial charge in [0.05, 0.1) is 13.2 Å². The molecule has 27 heavy (non-hydrogen) atoms. The van der Waals surface area contributed by atoms with Gasteiger partial charge in [-0.15, -0.1) is 0 Å². The molecular weight excluding hydrogens is 366 g/mol. The van der Waals surface area contributed by atoms with Crippen LogP contribution in [0.1, 0.15) is 22.2 Å². The Hall–Kier alpha value is -2.70. The summed E-state index contributed by atoms with van der Waals surface area (Å²) in [6, 6.07) is 9.14. The molecule has 0 bridgehead atoms. The van der Waals surface area contributed by atoms with Crippen molar-refractivity contribution in [2.24, 2.45) is 0 Å². The molecule has 3 rings (SSSR count). The van der Waals surface area contributed by atoms with Crippen molar-refractivity contribution in [2.45, 2.75) is 6.10 Å². The van der Waals surface area contributed by atoms with Crippen LogP contribution in [0, 0.1) is 0 Å². The molecule has 1 aliphatic rings. The first-order chi connectivity index (χ1) is 13.0. The number of hydrogen-bond acceptors (Lipinski definition) is 4. The number of halogens is 1. The van der Waals surface area contributed by atoms with Gasteiger partial charge in [-0.05, 0) is 53.1 Å². The smallest absolute Gasteiger partial charge is 0.269 e. The van der Waals surface area contributed by atoms with E-state index in [9.17, 15) is 9.59 Å². The van der Waals surface area contributed by atoms with E-state index in [0.29, 0.717) is 30.4 Å². The summed E-state index contributed by atoms with van der Waals surface area (Å²) in [7, 11) is 1.56. The van der Waals surface area contributed by atoms with E-state index in [1.54, 1.807) is 24.2 Å². The minimum atomic E-state index is -0.277. The average Bonchev–Trinajstić information content (AvgIpc) is 2.72. The number of hydrogen-bond donors (Lipinski definition) is 1. The highest BCUT2D eigenvalue weighted by Gasteiger charge is 2.25. The number of ether oxygens (including phenoxy) is 1. The van der Waals surface area contributed by atoms with Crippen molar-refractivity contribution in [1.82, 2.24) is 15.2 Å². The van der Waals surface area contributed by atoms with Crippen molar-refractivity contribution in [1.29, 1.82) is 0 Å². The predicted molar refractivity (Wildman–Crippen MR) is 104 cm³/mol. The summed E-state index contributed by atoms with van der Waals surface area (Å²) in [4.78, 5) is 29.5. The monoisotopic (exact) mass is 385 g/mol. The summed E-state index contributed by atoms with van der Waals surface area (Å²) in [5.41, 5.74) is 2.87. The van der Waals surface area contributed by atoms with E-state index >= 15 is 0 Å². The molecule has 140 valence electrons. The van der Waals surface area contributed by atoms with Gasteiger partial charge in [-0.1, -0.05) is 18.2 Å². The van der Waals surface area contributed by atoms with Gasteiger partial charge in [-0.2, -0.15) is 0 Å². The molecule has 0 radical (unpaired) electrons. The van der Waals surface area contributed by atoms with Crippen LogP contribution in [0.15, 0.2) is 49.2 Å². The molecule has 2 heterocycles. The van der Waals surface area contributed by atoms with Crippen LogP contribution in [0.2, 0.25) is 5.02 Å². The van der Waals surface area contributed by atoms with Crippen LogP contribution in [0.5, 0.6) is 0 Å². The summed E-state index contributed by atoms with van der Waals surface area (Å²) in [6.45, 7) is 4.96. The second-order valence-electron chi connectivity index (χ2n) is 6.13. The summed E-state index contributed by atoms with van der Waals surface area (Å²) < 4.78 is 5.85. The van der Waals surface area contributed by atoms with Gasteiger partial charge >= 0.3 is 0 Å². The van der Waals surface area contributed by atoms with Crippen molar-refractivity contribution < 1.29 is 14.3 Å². The maximum Gasteiger partial charge on any atom is 0.269 e. The van der Waals surface area contributed by atoms with E-state index in [2.05, 4.69) is 16.9 Å². The Kier molecular flexibility index (Phi) is 5.88. The van der Waals surface area contributed by atoms with E-state index in [0.717, 1.165) is 16.7 Å². The van der Waals surface area contributed by atoms with Gasteiger partial charge < -0.3 is 15.0 Å². The van der Waals surface area contributed by atoms with Crippen LogP contribution in [0.4, 0.5) is 0 Å². The summed E-state index contributed by atoms with van der Waals surface area (Å²) in [5, 5.41) is 3.11. The summed E-state index contributed by atoms with van der Waals surface area (Å²) in [5.74, 6) is -0.372. The van der Waals surface area contributed by atoms with Crippen molar-refractivity contribution in [3.05, 3.63) is 65.5 Å². The van der Waals surface area contributed by atoms with E-state index in [1.807, 2.05) is 24.3 Å². The highest BCUT2D eigenvalue weighted by molar-refractivity contribution is 6.31. The van der Waals surface area contributed by atoms with Crippen LogP contribution in [-0.4, -0.2) is 48.4 Å². The molecule has 2 amide bonds. The molecule has 7 heteroatoms. The molecule has 1 aromatic heterocycles. The molecule has 1 aromatic carbocycles. The molecular formula is C20H20ClN3O3. The molecule has 0 unspecified atom stereocenters. The quantitative estimate of drug-likeness (QED) is 0.821. The Morgan fingerprint density at radius 2 is 2.15 bits per heavy atom. The third-order valence-corrected chi connectivity index (χ3v) is 4.62. The number of carbonyl (C=O) groups excluding carboxylic acids is 2. The molecule has 1 aliphatic heterocycles. The number of amides is 2. The third kappa shape index (κ3) is 4.35. The van der Waals surface area contributed by atoms with Crippen molar-refractivity contribution in [3.63, 3.8) is 0 Å². The molecule has 1 fully saturated rings. The van der Waals surface area contributed by atoms with Crippen molar-refractivity contribution >= 4 is 23.4 Å². The van der Waals surface area contributed by atoms with Crippen molar-refractivity contribution in [2.75, 3.05) is 26.7 Å². The number of pyridine rings is 1. The standard InChI is InChI=1S/C20H20ClN3O3/c1-3-19(25)24-6-7-27-18(12-24)15-8-14(9-16(21)10-15)13-4-5-23-17(11-13)20(26)22-2/h3-5,8-11,18H,1,6-7,12H2,2H3,(H,22,26)/t18-/m0/s1. The second-order valence-corrected chi connectivity index (χ2v) is 6.57. The highest BCUT2D eigenvalue weighted by Crippen LogP contribution is 2.31. The lowest BCUT2D eigenvalue weighted by Crippen LogP contribution is -2.41. The van der Waals surface area contributed by atoms with E-state index < -0.39 is 0 Å². The van der Waals surface area contributed by atoms with Gasteiger partial charge in [-0.25, -0.2) is 0 Å². The maximum atomic E-state index is 11.9. The number of morpholine rings is 1. The van der Waals surface area contributed by atoms with Gasteiger partial charge in [0.1, 0.15) is 11.8 Å². The zero-order chi connectivity index (χ0) is 19.4. The summed E-state index contributed by atoms with van der Waals surface area (Å²) >= 11 is 6.33. The Bertz CT molecular complexity index is 885. The zero-order valence-corrected chi connectivity index (χ0v) is 15.7. The number of carbonyl (C=O) groups is 2. The molecule has 1 saturated heterocycles. The number of aromatic nitrogens is 1. The molecule has 0 aliphatic carbocycles. The van der Waals surface area contributed by atoms with Gasteiger partial charge in [0.25, 0.3) is 5.91 Å². The van der Waals surface area contributed by atoms with Gasteiger partial charge in [0.2, 0.25) is 5.91 Å². The number of nitrogens with one attached hydrogen (secondary N) is 1. The fourth-order valence-corrected chi connectivity index (χ4v) is 3.25. The first-order valence-electron chi connectivity index (χ1n) is 8.53. The molecule has 1 atom stereocenters. The average molecular weight is 386 g/mol. The predicted octanol–water partition coefficient (Wildman–Crippen LogP) is 2.85. The molecule has 6 nitrogen and oxygen atoms in total. The molecule has 1 N–H and O–H groups in total. The lowest BCUT2D eigenvalue weighted by molar-refractivity contribution is -0.133. The van der Waals surface area contributed by atoms with E-state index in [4.69, 9.17) is 16.3 Å². The molecule has 0 spiro atoms. The SMILES string of the molecule is C=CC(=O)N1CCO[C@H](c2cc(Cl)cc(-c3ccnc(C(=O)NC)c3)c2)C1.